The maximum Gasteiger partial charge on any atom is 0.137 e. The largest absolute Gasteiger partial charge is 0.464 e. The Labute approximate surface area is 108 Å². The third-order valence-electron chi connectivity index (χ3n) is 2.67. The quantitative estimate of drug-likeness (QED) is 0.916. The summed E-state index contributed by atoms with van der Waals surface area (Å²) in [7, 11) is 4.08. The number of anilines is 1. The standard InChI is InChI=1S/C13H18N2O.ClH/c1-9(14)6-11-8-12(15(2)3)7-10-4-5-16-13(10)11;/h4-5,7-9H,6,14H2,1-3H3;1H. The fraction of sp³-hybridized carbons (Fsp3) is 0.385. The van der Waals surface area contributed by atoms with E-state index in [1.807, 2.05) is 27.1 Å². The Balaban J connectivity index is 0.00000144. The number of hydrogen-bond donors (Lipinski definition) is 1. The Morgan fingerprint density at radius 2 is 2.06 bits per heavy atom. The summed E-state index contributed by atoms with van der Waals surface area (Å²) in [6.45, 7) is 2.01. The number of furan rings is 1. The van der Waals surface area contributed by atoms with Crippen molar-refractivity contribution in [3.8, 4) is 0 Å². The van der Waals surface area contributed by atoms with Crippen LogP contribution in [0.1, 0.15) is 12.5 Å². The van der Waals surface area contributed by atoms with Crippen LogP contribution >= 0.6 is 12.4 Å². The van der Waals surface area contributed by atoms with Gasteiger partial charge in [-0.2, -0.15) is 0 Å². The van der Waals surface area contributed by atoms with Crippen LogP contribution < -0.4 is 10.6 Å². The van der Waals surface area contributed by atoms with Crippen LogP contribution in [0, 0.1) is 0 Å². The van der Waals surface area contributed by atoms with Gasteiger partial charge >= 0.3 is 0 Å². The minimum atomic E-state index is 0. The Hall–Kier alpha value is -1.19. The Morgan fingerprint density at radius 1 is 1.35 bits per heavy atom. The summed E-state index contributed by atoms with van der Waals surface area (Å²) in [4.78, 5) is 2.09. The third-order valence-corrected chi connectivity index (χ3v) is 2.67. The first-order chi connectivity index (χ1) is 7.58. The first-order valence-electron chi connectivity index (χ1n) is 5.51. The zero-order valence-corrected chi connectivity index (χ0v) is 11.3. The van der Waals surface area contributed by atoms with Gasteiger partial charge in [-0.25, -0.2) is 0 Å². The molecule has 1 atom stereocenters. The molecule has 2 rings (SSSR count). The highest BCUT2D eigenvalue weighted by molar-refractivity contribution is 5.85. The van der Waals surface area contributed by atoms with Crippen molar-refractivity contribution in [3.63, 3.8) is 0 Å². The molecule has 0 bridgehead atoms. The zero-order valence-electron chi connectivity index (χ0n) is 10.4. The normalized spacial score (nSPS) is 12.2. The van der Waals surface area contributed by atoms with E-state index in [4.69, 9.17) is 10.2 Å². The van der Waals surface area contributed by atoms with Crippen LogP contribution in [0.2, 0.25) is 0 Å². The van der Waals surface area contributed by atoms with Gasteiger partial charge in [-0.1, -0.05) is 0 Å². The molecule has 0 radical (unpaired) electrons. The van der Waals surface area contributed by atoms with Crippen LogP contribution in [0.15, 0.2) is 28.9 Å². The molecule has 0 fully saturated rings. The van der Waals surface area contributed by atoms with Gasteiger partial charge in [-0.05, 0) is 37.1 Å². The molecule has 0 aliphatic heterocycles. The van der Waals surface area contributed by atoms with Crippen molar-refractivity contribution in [2.45, 2.75) is 19.4 Å². The maximum absolute atomic E-state index is 5.86. The van der Waals surface area contributed by atoms with E-state index in [1.165, 1.54) is 11.3 Å². The topological polar surface area (TPSA) is 42.4 Å². The summed E-state index contributed by atoms with van der Waals surface area (Å²) < 4.78 is 5.51. The highest BCUT2D eigenvalue weighted by atomic mass is 35.5. The maximum atomic E-state index is 5.86. The van der Waals surface area contributed by atoms with Gasteiger partial charge in [0.15, 0.2) is 0 Å². The van der Waals surface area contributed by atoms with E-state index in [0.29, 0.717) is 0 Å². The molecule has 94 valence electrons. The molecule has 0 spiro atoms. The predicted molar refractivity (Wildman–Crippen MR) is 75.1 cm³/mol. The molecule has 1 aromatic carbocycles. The van der Waals surface area contributed by atoms with E-state index < -0.39 is 0 Å². The van der Waals surface area contributed by atoms with Gasteiger partial charge in [0.2, 0.25) is 0 Å². The van der Waals surface area contributed by atoms with E-state index in [-0.39, 0.29) is 18.4 Å². The molecule has 0 amide bonds. The minimum absolute atomic E-state index is 0. The average Bonchev–Trinajstić information content (AvgIpc) is 2.64. The fourth-order valence-corrected chi connectivity index (χ4v) is 1.90. The molecular weight excluding hydrogens is 236 g/mol. The number of fused-ring (bicyclic) bond motifs is 1. The molecule has 17 heavy (non-hydrogen) atoms. The van der Waals surface area contributed by atoms with Crippen molar-refractivity contribution in [3.05, 3.63) is 30.0 Å². The second kappa shape index (κ2) is 5.43. The zero-order chi connectivity index (χ0) is 11.7. The Kier molecular flexibility index (Phi) is 4.43. The van der Waals surface area contributed by atoms with Crippen molar-refractivity contribution in [2.75, 3.05) is 19.0 Å². The van der Waals surface area contributed by atoms with Crippen molar-refractivity contribution in [2.24, 2.45) is 5.73 Å². The molecule has 3 nitrogen and oxygen atoms in total. The Morgan fingerprint density at radius 3 is 2.65 bits per heavy atom. The molecule has 0 saturated heterocycles. The summed E-state index contributed by atoms with van der Waals surface area (Å²) in [6, 6.07) is 6.41. The van der Waals surface area contributed by atoms with E-state index in [9.17, 15) is 0 Å². The highest BCUT2D eigenvalue weighted by Crippen LogP contribution is 2.27. The lowest BCUT2D eigenvalue weighted by Crippen LogP contribution is -2.18. The summed E-state index contributed by atoms with van der Waals surface area (Å²) in [5, 5.41) is 1.14. The number of nitrogens with two attached hydrogens (primary N) is 1. The van der Waals surface area contributed by atoms with Gasteiger partial charge in [0, 0.05) is 31.2 Å². The molecule has 1 aromatic heterocycles. The predicted octanol–water partition coefficient (Wildman–Crippen LogP) is 2.81. The first-order valence-corrected chi connectivity index (χ1v) is 5.51. The van der Waals surface area contributed by atoms with Gasteiger partial charge in [0.05, 0.1) is 6.26 Å². The summed E-state index contributed by atoms with van der Waals surface area (Å²) >= 11 is 0. The molecule has 0 aliphatic rings. The number of nitrogens with zero attached hydrogens (tertiary/aromatic N) is 1. The number of benzene rings is 1. The second-order valence-electron chi connectivity index (χ2n) is 4.52. The number of halogens is 1. The van der Waals surface area contributed by atoms with Crippen LogP contribution in [-0.2, 0) is 6.42 Å². The minimum Gasteiger partial charge on any atom is -0.464 e. The fourth-order valence-electron chi connectivity index (χ4n) is 1.90. The van der Waals surface area contributed by atoms with Gasteiger partial charge in [-0.15, -0.1) is 12.4 Å². The first kappa shape index (κ1) is 13.9. The number of hydrogen-bond acceptors (Lipinski definition) is 3. The monoisotopic (exact) mass is 254 g/mol. The molecule has 1 heterocycles. The lowest BCUT2D eigenvalue weighted by Gasteiger charge is -2.15. The van der Waals surface area contributed by atoms with Gasteiger partial charge < -0.3 is 15.1 Å². The van der Waals surface area contributed by atoms with Crippen molar-refractivity contribution < 1.29 is 4.42 Å². The van der Waals surface area contributed by atoms with Crippen molar-refractivity contribution >= 4 is 29.1 Å². The molecule has 1 unspecified atom stereocenters. The van der Waals surface area contributed by atoms with Crippen molar-refractivity contribution in [1.29, 1.82) is 0 Å². The highest BCUT2D eigenvalue weighted by Gasteiger charge is 2.09. The van der Waals surface area contributed by atoms with Crippen LogP contribution in [0.4, 0.5) is 5.69 Å². The van der Waals surface area contributed by atoms with Crippen LogP contribution in [0.3, 0.4) is 0 Å². The molecule has 2 N–H and O–H groups in total. The third kappa shape index (κ3) is 2.93. The van der Waals surface area contributed by atoms with Crippen LogP contribution in [-0.4, -0.2) is 20.1 Å². The smallest absolute Gasteiger partial charge is 0.137 e. The molecule has 2 aromatic rings. The van der Waals surface area contributed by atoms with E-state index in [1.54, 1.807) is 6.26 Å². The van der Waals surface area contributed by atoms with E-state index in [0.717, 1.165) is 17.4 Å². The summed E-state index contributed by atoms with van der Waals surface area (Å²) in [5.41, 5.74) is 9.18. The summed E-state index contributed by atoms with van der Waals surface area (Å²) in [5.74, 6) is 0. The summed E-state index contributed by atoms with van der Waals surface area (Å²) in [6.07, 6.45) is 2.57. The van der Waals surface area contributed by atoms with Crippen molar-refractivity contribution in [1.82, 2.24) is 0 Å². The lowest BCUT2D eigenvalue weighted by molar-refractivity contribution is 0.606. The molecular formula is C13H19ClN2O. The van der Waals surface area contributed by atoms with Gasteiger partial charge in [0.1, 0.15) is 5.58 Å². The Bertz CT molecular complexity index is 491. The molecule has 4 heteroatoms. The van der Waals surface area contributed by atoms with E-state index >= 15 is 0 Å². The molecule has 0 aliphatic carbocycles. The lowest BCUT2D eigenvalue weighted by atomic mass is 10.0. The van der Waals surface area contributed by atoms with Gasteiger partial charge in [-0.3, -0.25) is 0 Å². The van der Waals surface area contributed by atoms with E-state index in [2.05, 4.69) is 17.0 Å². The number of rotatable bonds is 3. The van der Waals surface area contributed by atoms with Crippen LogP contribution in [0.5, 0.6) is 0 Å². The van der Waals surface area contributed by atoms with Gasteiger partial charge in [0.25, 0.3) is 0 Å². The molecule has 0 saturated carbocycles. The average molecular weight is 255 g/mol. The van der Waals surface area contributed by atoms with Crippen LogP contribution in [0.25, 0.3) is 11.0 Å². The second-order valence-corrected chi connectivity index (χ2v) is 4.52. The SMILES string of the molecule is CC(N)Cc1cc(N(C)C)cc2ccoc12.Cl.